The summed E-state index contributed by atoms with van der Waals surface area (Å²) in [6.45, 7) is 7.19. The number of unbranched alkanes of at least 4 members (excludes halogenated alkanes) is 2. The summed E-state index contributed by atoms with van der Waals surface area (Å²) < 4.78 is 0. The van der Waals surface area contributed by atoms with Crippen LogP contribution in [0.15, 0.2) is 24.3 Å². The fraction of sp³-hybridized carbons (Fsp3) is 0.526. The quantitative estimate of drug-likeness (QED) is 0.654. The summed E-state index contributed by atoms with van der Waals surface area (Å²) in [7, 11) is 0. The average molecular weight is 314 g/mol. The minimum atomic E-state index is -1.02. The van der Waals surface area contributed by atoms with Gasteiger partial charge in [0.2, 0.25) is 5.78 Å². The average Bonchev–Trinajstić information content (AvgIpc) is 2.56. The van der Waals surface area contributed by atoms with Gasteiger partial charge in [-0.05, 0) is 25.3 Å². The molecule has 0 saturated carbocycles. The Kier molecular flexibility index (Phi) is 8.04. The van der Waals surface area contributed by atoms with Crippen LogP contribution in [0.5, 0.6) is 0 Å². The van der Waals surface area contributed by atoms with Crippen LogP contribution in [-0.4, -0.2) is 29.7 Å². The highest BCUT2D eigenvalue weighted by molar-refractivity contribution is 6.38. The second-order valence-corrected chi connectivity index (χ2v) is 5.84. The number of hydrogen-bond acceptors (Lipinski definition) is 3. The third-order valence-electron chi connectivity index (χ3n) is 3.86. The van der Waals surface area contributed by atoms with Gasteiger partial charge in [0.1, 0.15) is 5.92 Å². The standard InChI is InChI=1S/C19H26N2O2/c1-4-6-12-21(13-7-5-2)19(23)18(22)17(14-20)16-10-8-15(3)9-11-16/h8-11,17H,4-7,12-13H2,1-3H3. The largest absolute Gasteiger partial charge is 0.336 e. The SMILES string of the molecule is CCCCN(CCCC)C(=O)C(=O)C(C#N)c1ccc(C)cc1. The first kappa shape index (κ1) is 18.9. The molecular formula is C19H26N2O2. The predicted octanol–water partition coefficient (Wildman–Crippen LogP) is 3.60. The first-order valence-corrected chi connectivity index (χ1v) is 8.34. The summed E-state index contributed by atoms with van der Waals surface area (Å²) in [4.78, 5) is 26.6. The molecule has 0 radical (unpaired) electrons. The number of benzene rings is 1. The van der Waals surface area contributed by atoms with Gasteiger partial charge < -0.3 is 4.90 Å². The lowest BCUT2D eigenvalue weighted by Gasteiger charge is -2.22. The molecular weight excluding hydrogens is 288 g/mol. The first-order valence-electron chi connectivity index (χ1n) is 8.34. The maximum atomic E-state index is 12.5. The van der Waals surface area contributed by atoms with Crippen LogP contribution in [0.4, 0.5) is 0 Å². The molecule has 1 aromatic rings. The van der Waals surface area contributed by atoms with Crippen molar-refractivity contribution in [1.82, 2.24) is 4.90 Å². The van der Waals surface area contributed by atoms with Gasteiger partial charge in [0, 0.05) is 13.1 Å². The minimum Gasteiger partial charge on any atom is -0.336 e. The molecule has 0 heterocycles. The minimum absolute atomic E-state index is 0.529. The van der Waals surface area contributed by atoms with E-state index in [9.17, 15) is 14.9 Å². The van der Waals surface area contributed by atoms with Crippen LogP contribution in [0.25, 0.3) is 0 Å². The van der Waals surface area contributed by atoms with E-state index in [0.29, 0.717) is 18.7 Å². The Labute approximate surface area is 139 Å². The van der Waals surface area contributed by atoms with E-state index in [2.05, 4.69) is 13.8 Å². The summed E-state index contributed by atoms with van der Waals surface area (Å²) in [6.07, 6.45) is 3.66. The predicted molar refractivity (Wildman–Crippen MR) is 90.9 cm³/mol. The monoisotopic (exact) mass is 314 g/mol. The van der Waals surface area contributed by atoms with Gasteiger partial charge in [-0.1, -0.05) is 56.5 Å². The fourth-order valence-corrected chi connectivity index (χ4v) is 2.34. The normalized spacial score (nSPS) is 11.6. The van der Waals surface area contributed by atoms with E-state index in [4.69, 9.17) is 0 Å². The van der Waals surface area contributed by atoms with Crippen molar-refractivity contribution in [2.24, 2.45) is 0 Å². The maximum absolute atomic E-state index is 12.5. The zero-order chi connectivity index (χ0) is 17.2. The van der Waals surface area contributed by atoms with E-state index in [1.54, 1.807) is 17.0 Å². The van der Waals surface area contributed by atoms with Crippen molar-refractivity contribution in [2.45, 2.75) is 52.4 Å². The van der Waals surface area contributed by atoms with Crippen LogP contribution >= 0.6 is 0 Å². The number of amides is 1. The highest BCUT2D eigenvalue weighted by Gasteiger charge is 2.30. The number of carbonyl (C=O) groups excluding carboxylic acids is 2. The molecule has 0 N–H and O–H groups in total. The Morgan fingerprint density at radius 2 is 1.61 bits per heavy atom. The van der Waals surface area contributed by atoms with Crippen molar-refractivity contribution >= 4 is 11.7 Å². The van der Waals surface area contributed by atoms with Gasteiger partial charge in [-0.15, -0.1) is 0 Å². The summed E-state index contributed by atoms with van der Waals surface area (Å²) in [5.41, 5.74) is 1.64. The van der Waals surface area contributed by atoms with Gasteiger partial charge in [-0.3, -0.25) is 9.59 Å². The second kappa shape index (κ2) is 9.78. The van der Waals surface area contributed by atoms with Gasteiger partial charge in [0.25, 0.3) is 5.91 Å². The Morgan fingerprint density at radius 3 is 2.04 bits per heavy atom. The number of hydrogen-bond donors (Lipinski definition) is 0. The van der Waals surface area contributed by atoms with Crippen LogP contribution in [0.2, 0.25) is 0 Å². The highest BCUT2D eigenvalue weighted by Crippen LogP contribution is 2.18. The van der Waals surface area contributed by atoms with Crippen molar-refractivity contribution in [3.05, 3.63) is 35.4 Å². The molecule has 4 nitrogen and oxygen atoms in total. The number of ketones is 1. The lowest BCUT2D eigenvalue weighted by Crippen LogP contribution is -2.40. The van der Waals surface area contributed by atoms with Gasteiger partial charge >= 0.3 is 0 Å². The van der Waals surface area contributed by atoms with Gasteiger partial charge in [-0.2, -0.15) is 5.26 Å². The number of nitriles is 1. The molecule has 1 amide bonds. The topological polar surface area (TPSA) is 61.2 Å². The Hall–Kier alpha value is -2.15. The molecule has 124 valence electrons. The Morgan fingerprint density at radius 1 is 1.09 bits per heavy atom. The van der Waals surface area contributed by atoms with E-state index >= 15 is 0 Å². The van der Waals surface area contributed by atoms with E-state index in [-0.39, 0.29) is 0 Å². The smallest absolute Gasteiger partial charge is 0.291 e. The summed E-state index contributed by atoms with van der Waals surface area (Å²) in [6, 6.07) is 9.18. The van der Waals surface area contributed by atoms with E-state index in [1.807, 2.05) is 25.1 Å². The fourth-order valence-electron chi connectivity index (χ4n) is 2.34. The molecule has 1 unspecified atom stereocenters. The molecule has 1 atom stereocenters. The lowest BCUT2D eigenvalue weighted by atomic mass is 9.94. The van der Waals surface area contributed by atoms with E-state index in [1.165, 1.54) is 0 Å². The van der Waals surface area contributed by atoms with Crippen LogP contribution in [-0.2, 0) is 9.59 Å². The molecule has 0 spiro atoms. The first-order chi connectivity index (χ1) is 11.0. The van der Waals surface area contributed by atoms with Gasteiger partial charge in [0.15, 0.2) is 0 Å². The lowest BCUT2D eigenvalue weighted by molar-refractivity contribution is -0.145. The van der Waals surface area contributed by atoms with Gasteiger partial charge in [-0.25, -0.2) is 0 Å². The zero-order valence-corrected chi connectivity index (χ0v) is 14.3. The molecule has 0 bridgehead atoms. The van der Waals surface area contributed by atoms with Crippen molar-refractivity contribution in [3.8, 4) is 6.07 Å². The molecule has 0 aromatic heterocycles. The zero-order valence-electron chi connectivity index (χ0n) is 14.3. The van der Waals surface area contributed by atoms with Crippen molar-refractivity contribution in [3.63, 3.8) is 0 Å². The Balaban J connectivity index is 2.90. The summed E-state index contributed by atoms with van der Waals surface area (Å²) in [5.74, 6) is -2.17. The molecule has 1 aromatic carbocycles. The van der Waals surface area contributed by atoms with E-state index in [0.717, 1.165) is 31.2 Å². The molecule has 23 heavy (non-hydrogen) atoms. The molecule has 1 rings (SSSR count). The van der Waals surface area contributed by atoms with Crippen LogP contribution in [0.1, 0.15) is 56.6 Å². The molecule has 0 aliphatic heterocycles. The second-order valence-electron chi connectivity index (χ2n) is 5.84. The number of nitrogens with zero attached hydrogens (tertiary/aromatic N) is 2. The molecule has 0 saturated heterocycles. The molecule has 0 aliphatic rings. The van der Waals surface area contributed by atoms with Crippen molar-refractivity contribution < 1.29 is 9.59 Å². The van der Waals surface area contributed by atoms with Crippen LogP contribution in [0, 0.1) is 18.3 Å². The summed E-state index contributed by atoms with van der Waals surface area (Å²) >= 11 is 0. The highest BCUT2D eigenvalue weighted by atomic mass is 16.2. The molecule has 4 heteroatoms. The Bertz CT molecular complexity index is 550. The molecule has 0 aliphatic carbocycles. The number of aryl methyl sites for hydroxylation is 1. The van der Waals surface area contributed by atoms with Crippen LogP contribution < -0.4 is 0 Å². The third-order valence-corrected chi connectivity index (χ3v) is 3.86. The van der Waals surface area contributed by atoms with E-state index < -0.39 is 17.6 Å². The van der Waals surface area contributed by atoms with Crippen molar-refractivity contribution in [2.75, 3.05) is 13.1 Å². The van der Waals surface area contributed by atoms with Crippen molar-refractivity contribution in [1.29, 1.82) is 5.26 Å². The molecule has 0 fully saturated rings. The van der Waals surface area contributed by atoms with Crippen LogP contribution in [0.3, 0.4) is 0 Å². The number of rotatable bonds is 9. The third kappa shape index (κ3) is 5.52. The summed E-state index contributed by atoms with van der Waals surface area (Å²) in [5, 5.41) is 9.36. The maximum Gasteiger partial charge on any atom is 0.291 e. The number of carbonyl (C=O) groups is 2. The van der Waals surface area contributed by atoms with Gasteiger partial charge in [0.05, 0.1) is 6.07 Å². The number of Topliss-reactive ketones (excluding diaryl/α,β-unsaturated/α-hetero) is 1.